The molecule has 2 saturated heterocycles. The number of anilines is 1. The Morgan fingerprint density at radius 3 is 2.41 bits per heavy atom. The lowest BCUT2D eigenvalue weighted by molar-refractivity contribution is 0.0338. The Morgan fingerprint density at radius 1 is 1.03 bits per heavy atom. The third kappa shape index (κ3) is 4.35. The van der Waals surface area contributed by atoms with Crippen LogP contribution in [-0.2, 0) is 4.74 Å². The first-order chi connectivity index (χ1) is 15.5. The van der Waals surface area contributed by atoms with E-state index in [0.717, 1.165) is 64.0 Å². The van der Waals surface area contributed by atoms with Crippen LogP contribution >= 0.6 is 0 Å². The summed E-state index contributed by atoms with van der Waals surface area (Å²) in [5.41, 5.74) is -0.122. The molecule has 32 heavy (non-hydrogen) atoms. The van der Waals surface area contributed by atoms with Gasteiger partial charge in [0.1, 0.15) is 11.6 Å². The maximum absolute atomic E-state index is 14.0. The first-order valence-electron chi connectivity index (χ1n) is 11.5. The number of rotatable bonds is 5. The van der Waals surface area contributed by atoms with Gasteiger partial charge in [0.25, 0.3) is 0 Å². The average molecular weight is 447 g/mol. The minimum Gasteiger partial charge on any atom is -0.381 e. The van der Waals surface area contributed by atoms with E-state index in [1.165, 1.54) is 0 Å². The molecule has 0 spiro atoms. The molecule has 0 amide bonds. The number of nitrogens with one attached hydrogen (secondary N) is 1. The molecular formula is C24H29F3N4O. The number of halogens is 3. The van der Waals surface area contributed by atoms with Gasteiger partial charge < -0.3 is 10.1 Å². The van der Waals surface area contributed by atoms with Gasteiger partial charge in [-0.2, -0.15) is 0 Å². The third-order valence-electron chi connectivity index (χ3n) is 7.59. The lowest BCUT2D eigenvalue weighted by Gasteiger charge is -2.35. The van der Waals surface area contributed by atoms with Crippen molar-refractivity contribution < 1.29 is 17.9 Å². The fourth-order valence-electron chi connectivity index (χ4n) is 5.79. The summed E-state index contributed by atoms with van der Waals surface area (Å²) in [4.78, 5) is 2.67. The number of ether oxygens (including phenoxy) is 1. The average Bonchev–Trinajstić information content (AvgIpc) is 3.36. The molecule has 3 aliphatic rings. The van der Waals surface area contributed by atoms with Gasteiger partial charge in [0, 0.05) is 50.0 Å². The van der Waals surface area contributed by atoms with E-state index < -0.39 is 17.5 Å². The highest BCUT2D eigenvalue weighted by atomic mass is 19.2. The van der Waals surface area contributed by atoms with Gasteiger partial charge in [0.05, 0.1) is 5.69 Å². The van der Waals surface area contributed by atoms with Crippen molar-refractivity contribution in [3.05, 3.63) is 41.7 Å². The molecule has 1 saturated carbocycles. The van der Waals surface area contributed by atoms with E-state index in [-0.39, 0.29) is 11.3 Å². The summed E-state index contributed by atoms with van der Waals surface area (Å²) >= 11 is 0. The number of hydrogen-bond acceptors (Lipinski definition) is 5. The molecule has 5 rings (SSSR count). The van der Waals surface area contributed by atoms with Crippen LogP contribution in [0.5, 0.6) is 0 Å². The standard InChI is InChI=1S/C24H29F3N4O/c1-14(15-4-6-32-7-5-15)31-12-16-8-19(9-17(16)13-31)28-23-3-2-22(29-30-23)20-10-18(25)11-21(26)24(20)27/h2-3,10-11,14-17,19H,4-9,12-13H2,1H3,(H,28,30)/t14?,16-,17+,19+. The first kappa shape index (κ1) is 21.6. The molecule has 2 aliphatic heterocycles. The van der Waals surface area contributed by atoms with Crippen LogP contribution in [0.1, 0.15) is 32.6 Å². The van der Waals surface area contributed by atoms with Crippen molar-refractivity contribution in [1.29, 1.82) is 0 Å². The number of fused-ring (bicyclic) bond motifs is 1. The van der Waals surface area contributed by atoms with Crippen molar-refractivity contribution >= 4 is 5.82 Å². The quantitative estimate of drug-likeness (QED) is 0.686. The third-order valence-corrected chi connectivity index (χ3v) is 7.59. The molecule has 1 aromatic heterocycles. The topological polar surface area (TPSA) is 50.3 Å². The highest BCUT2D eigenvalue weighted by Crippen LogP contribution is 2.41. The van der Waals surface area contributed by atoms with Crippen molar-refractivity contribution in [2.45, 2.75) is 44.7 Å². The smallest absolute Gasteiger partial charge is 0.168 e. The molecule has 3 fully saturated rings. The molecule has 1 N–H and O–H groups in total. The van der Waals surface area contributed by atoms with Crippen LogP contribution in [0.3, 0.4) is 0 Å². The van der Waals surface area contributed by atoms with Crippen LogP contribution in [0.2, 0.25) is 0 Å². The van der Waals surface area contributed by atoms with Crippen LogP contribution in [0.15, 0.2) is 24.3 Å². The molecule has 8 heteroatoms. The van der Waals surface area contributed by atoms with Crippen LogP contribution < -0.4 is 5.32 Å². The Morgan fingerprint density at radius 2 is 1.75 bits per heavy atom. The summed E-state index contributed by atoms with van der Waals surface area (Å²) in [7, 11) is 0. The van der Waals surface area contributed by atoms with Gasteiger partial charge in [-0.25, -0.2) is 13.2 Å². The zero-order valence-corrected chi connectivity index (χ0v) is 18.2. The molecule has 1 aliphatic carbocycles. The van der Waals surface area contributed by atoms with Crippen molar-refractivity contribution in [2.24, 2.45) is 17.8 Å². The molecule has 172 valence electrons. The first-order valence-corrected chi connectivity index (χ1v) is 11.5. The van der Waals surface area contributed by atoms with Gasteiger partial charge in [-0.1, -0.05) is 0 Å². The van der Waals surface area contributed by atoms with Crippen molar-refractivity contribution in [3.63, 3.8) is 0 Å². The van der Waals surface area contributed by atoms with Crippen LogP contribution in [-0.4, -0.2) is 53.5 Å². The highest BCUT2D eigenvalue weighted by molar-refractivity contribution is 5.60. The van der Waals surface area contributed by atoms with E-state index in [4.69, 9.17) is 4.74 Å². The molecule has 1 aromatic carbocycles. The number of likely N-dealkylation sites (tertiary alicyclic amines) is 1. The lowest BCUT2D eigenvalue weighted by atomic mass is 9.92. The lowest BCUT2D eigenvalue weighted by Crippen LogP contribution is -2.40. The second-order valence-corrected chi connectivity index (χ2v) is 9.53. The summed E-state index contributed by atoms with van der Waals surface area (Å²) in [6.07, 6.45) is 4.51. The summed E-state index contributed by atoms with van der Waals surface area (Å²) in [5, 5.41) is 11.6. The van der Waals surface area contributed by atoms with E-state index in [0.29, 0.717) is 35.8 Å². The SMILES string of the molecule is CC(C1CCOCC1)N1C[C@H]2C[C@H](Nc3ccc(-c4cc(F)cc(F)c4F)nn3)C[C@H]2C1. The Balaban J connectivity index is 1.17. The normalized spacial score (nSPS) is 27.4. The van der Waals surface area contributed by atoms with Gasteiger partial charge in [-0.3, -0.25) is 4.90 Å². The van der Waals surface area contributed by atoms with Crippen LogP contribution in [0, 0.1) is 35.2 Å². The highest BCUT2D eigenvalue weighted by Gasteiger charge is 2.43. The predicted octanol–water partition coefficient (Wildman–Crippen LogP) is 4.50. The maximum Gasteiger partial charge on any atom is 0.168 e. The van der Waals surface area contributed by atoms with Gasteiger partial charge in [0.2, 0.25) is 0 Å². The number of hydrogen-bond donors (Lipinski definition) is 1. The van der Waals surface area contributed by atoms with E-state index in [2.05, 4.69) is 27.3 Å². The van der Waals surface area contributed by atoms with E-state index in [9.17, 15) is 13.2 Å². The second-order valence-electron chi connectivity index (χ2n) is 9.53. The minimum absolute atomic E-state index is 0.104. The minimum atomic E-state index is -1.23. The van der Waals surface area contributed by atoms with E-state index >= 15 is 0 Å². The zero-order chi connectivity index (χ0) is 22.2. The van der Waals surface area contributed by atoms with E-state index in [1.54, 1.807) is 12.1 Å². The predicted molar refractivity (Wildman–Crippen MR) is 116 cm³/mol. The fourth-order valence-corrected chi connectivity index (χ4v) is 5.79. The molecular weight excluding hydrogens is 417 g/mol. The van der Waals surface area contributed by atoms with Crippen molar-refractivity contribution in [3.8, 4) is 11.3 Å². The molecule has 2 aromatic rings. The number of nitrogens with zero attached hydrogens (tertiary/aromatic N) is 3. The maximum atomic E-state index is 14.0. The summed E-state index contributed by atoms with van der Waals surface area (Å²) in [6, 6.07) is 5.62. The largest absolute Gasteiger partial charge is 0.381 e. The summed E-state index contributed by atoms with van der Waals surface area (Å²) in [6.45, 7) is 6.45. The van der Waals surface area contributed by atoms with Gasteiger partial charge >= 0.3 is 0 Å². The van der Waals surface area contributed by atoms with Gasteiger partial charge in [-0.05, 0) is 68.6 Å². The number of aromatic nitrogens is 2. The summed E-state index contributed by atoms with van der Waals surface area (Å²) in [5.74, 6) is -0.491. The Bertz CT molecular complexity index is 937. The molecule has 3 heterocycles. The van der Waals surface area contributed by atoms with E-state index in [1.807, 2.05) is 0 Å². The second kappa shape index (κ2) is 8.98. The van der Waals surface area contributed by atoms with Crippen LogP contribution in [0.25, 0.3) is 11.3 Å². The fraction of sp³-hybridized carbons (Fsp3) is 0.583. The van der Waals surface area contributed by atoms with Crippen molar-refractivity contribution in [2.75, 3.05) is 31.6 Å². The van der Waals surface area contributed by atoms with Crippen LogP contribution in [0.4, 0.5) is 19.0 Å². The monoisotopic (exact) mass is 446 g/mol. The molecule has 4 atom stereocenters. The molecule has 1 unspecified atom stereocenters. The number of benzene rings is 1. The Hall–Kier alpha value is -2.19. The summed E-state index contributed by atoms with van der Waals surface area (Å²) < 4.78 is 46.5. The molecule has 0 bridgehead atoms. The Kier molecular flexibility index (Phi) is 6.07. The molecule has 5 nitrogen and oxygen atoms in total. The van der Waals surface area contributed by atoms with Crippen molar-refractivity contribution in [1.82, 2.24) is 15.1 Å². The zero-order valence-electron chi connectivity index (χ0n) is 18.2. The van der Waals surface area contributed by atoms with Gasteiger partial charge in [0.15, 0.2) is 11.6 Å². The Labute approximate surface area is 186 Å². The molecule has 0 radical (unpaired) electrons. The van der Waals surface area contributed by atoms with Gasteiger partial charge in [-0.15, -0.1) is 10.2 Å².